The molecule has 5 rings (SSSR count). The molecule has 1 fully saturated rings. The van der Waals surface area contributed by atoms with E-state index in [1.807, 2.05) is 39.6 Å². The fourth-order valence-electron chi connectivity index (χ4n) is 4.80. The van der Waals surface area contributed by atoms with E-state index in [0.29, 0.717) is 29.8 Å². The van der Waals surface area contributed by atoms with Gasteiger partial charge in [0.15, 0.2) is 0 Å². The number of hydrogen-bond donors (Lipinski definition) is 1. The molecule has 1 saturated heterocycles. The van der Waals surface area contributed by atoms with Gasteiger partial charge in [-0.1, -0.05) is 0 Å². The van der Waals surface area contributed by atoms with Crippen molar-refractivity contribution in [2.24, 2.45) is 5.92 Å². The van der Waals surface area contributed by atoms with Crippen LogP contribution in [-0.4, -0.2) is 41.4 Å². The van der Waals surface area contributed by atoms with Crippen LogP contribution in [0.15, 0.2) is 47.5 Å². The fraction of sp³-hybridized carbons (Fsp3) is 0.391. The Morgan fingerprint density at radius 3 is 2.56 bits per heavy atom. The number of imidazole rings is 1. The smallest absolute Gasteiger partial charge is 0.261 e. The summed E-state index contributed by atoms with van der Waals surface area (Å²) in [4.78, 5) is 17.9. The topological polar surface area (TPSA) is 70.3 Å². The number of aromatic nitrogens is 3. The molecule has 0 unspecified atom stereocenters. The van der Waals surface area contributed by atoms with Crippen LogP contribution < -0.4 is 20.3 Å². The van der Waals surface area contributed by atoms with Crippen LogP contribution in [0, 0.1) is 5.92 Å². The van der Waals surface area contributed by atoms with E-state index in [-0.39, 0.29) is 30.4 Å². The van der Waals surface area contributed by atoms with Crippen molar-refractivity contribution in [3.8, 4) is 22.9 Å². The molecule has 0 amide bonds. The van der Waals surface area contributed by atoms with Gasteiger partial charge in [0.25, 0.3) is 5.56 Å². The van der Waals surface area contributed by atoms with Gasteiger partial charge in [-0.3, -0.25) is 4.79 Å². The minimum Gasteiger partial charge on any atom is -0.497 e. The van der Waals surface area contributed by atoms with Crippen molar-refractivity contribution < 1.29 is 9.47 Å². The minimum absolute atomic E-state index is 0. The predicted octanol–water partition coefficient (Wildman–Crippen LogP) is 3.33. The van der Waals surface area contributed by atoms with Gasteiger partial charge >= 0.3 is 0 Å². The number of ether oxygens (including phenoxy) is 2. The SMILES string of the molecule is COc1cc(Cn2ccnc2-c2ccc3n(c2=O)C[C@@H]2CNC[C@H]3C2)cc(OC)c1.Cl.Cl. The third-order valence-electron chi connectivity index (χ3n) is 6.23. The highest BCUT2D eigenvalue weighted by Crippen LogP contribution is 2.32. The summed E-state index contributed by atoms with van der Waals surface area (Å²) in [6.07, 6.45) is 4.82. The zero-order valence-corrected chi connectivity index (χ0v) is 19.7. The van der Waals surface area contributed by atoms with Crippen LogP contribution in [0.25, 0.3) is 11.4 Å². The number of fused-ring (bicyclic) bond motifs is 4. The summed E-state index contributed by atoms with van der Waals surface area (Å²) in [6.45, 7) is 3.28. The molecular formula is C23H28Cl2N4O3. The maximum atomic E-state index is 13.4. The molecule has 172 valence electrons. The van der Waals surface area contributed by atoms with E-state index in [0.717, 1.165) is 48.8 Å². The lowest BCUT2D eigenvalue weighted by Gasteiger charge is -2.37. The van der Waals surface area contributed by atoms with Gasteiger partial charge < -0.3 is 23.9 Å². The van der Waals surface area contributed by atoms with E-state index >= 15 is 0 Å². The van der Waals surface area contributed by atoms with E-state index in [1.165, 1.54) is 0 Å². The number of nitrogens with one attached hydrogen (secondary N) is 1. The van der Waals surface area contributed by atoms with E-state index < -0.39 is 0 Å². The number of benzene rings is 1. The molecule has 0 spiro atoms. The zero-order chi connectivity index (χ0) is 20.7. The summed E-state index contributed by atoms with van der Waals surface area (Å²) < 4.78 is 14.7. The first-order valence-electron chi connectivity index (χ1n) is 10.3. The molecule has 4 heterocycles. The molecule has 2 aliphatic heterocycles. The Morgan fingerprint density at radius 2 is 1.84 bits per heavy atom. The third kappa shape index (κ3) is 4.37. The molecule has 0 saturated carbocycles. The van der Waals surface area contributed by atoms with Crippen molar-refractivity contribution in [3.63, 3.8) is 0 Å². The number of pyridine rings is 1. The standard InChI is InChI=1S/C23H26N4O3.2ClH/c1-29-18-8-15(9-19(10-18)30-2)13-26-6-5-25-22(26)20-3-4-21-17-7-16(11-24-12-17)14-27(21)23(20)28;;/h3-6,8-10,16-17,24H,7,11-14H2,1-2H3;2*1H/t16-,17+;;/m0../s1. The lowest BCUT2D eigenvalue weighted by atomic mass is 9.84. The van der Waals surface area contributed by atoms with Crippen LogP contribution in [0.5, 0.6) is 11.5 Å². The molecule has 1 N–H and O–H groups in total. The monoisotopic (exact) mass is 478 g/mol. The second-order valence-electron chi connectivity index (χ2n) is 8.14. The summed E-state index contributed by atoms with van der Waals surface area (Å²) in [5, 5.41) is 3.49. The third-order valence-corrected chi connectivity index (χ3v) is 6.23. The molecule has 0 radical (unpaired) electrons. The van der Waals surface area contributed by atoms with E-state index in [9.17, 15) is 4.79 Å². The van der Waals surface area contributed by atoms with Gasteiger partial charge in [0.1, 0.15) is 17.3 Å². The Kier molecular flexibility index (Phi) is 7.54. The van der Waals surface area contributed by atoms with Crippen LogP contribution >= 0.6 is 24.8 Å². The number of halogens is 2. The number of rotatable bonds is 5. The van der Waals surface area contributed by atoms with Crippen LogP contribution in [-0.2, 0) is 13.1 Å². The maximum Gasteiger partial charge on any atom is 0.261 e. The summed E-state index contributed by atoms with van der Waals surface area (Å²) in [6, 6.07) is 9.84. The van der Waals surface area contributed by atoms with Gasteiger partial charge in [-0.2, -0.15) is 0 Å². The first-order valence-corrected chi connectivity index (χ1v) is 10.3. The van der Waals surface area contributed by atoms with Crippen LogP contribution in [0.1, 0.15) is 23.6 Å². The van der Waals surface area contributed by atoms with Gasteiger partial charge in [0, 0.05) is 49.7 Å². The second kappa shape index (κ2) is 9.98. The fourth-order valence-corrected chi connectivity index (χ4v) is 4.80. The molecule has 1 aromatic carbocycles. The molecule has 7 nitrogen and oxygen atoms in total. The van der Waals surface area contributed by atoms with Crippen LogP contribution in [0.3, 0.4) is 0 Å². The molecule has 3 aromatic rings. The minimum atomic E-state index is 0. The van der Waals surface area contributed by atoms with Crippen molar-refractivity contribution in [3.05, 3.63) is 64.3 Å². The largest absolute Gasteiger partial charge is 0.497 e. The van der Waals surface area contributed by atoms with Crippen molar-refractivity contribution >= 4 is 24.8 Å². The number of nitrogens with zero attached hydrogens (tertiary/aromatic N) is 3. The molecular weight excluding hydrogens is 451 g/mol. The molecule has 2 aliphatic rings. The highest BCUT2D eigenvalue weighted by atomic mass is 35.5. The molecule has 32 heavy (non-hydrogen) atoms. The van der Waals surface area contributed by atoms with Gasteiger partial charge in [-0.25, -0.2) is 4.98 Å². The van der Waals surface area contributed by atoms with Gasteiger partial charge in [0.2, 0.25) is 0 Å². The Labute approximate surface area is 199 Å². The van der Waals surface area contributed by atoms with Crippen molar-refractivity contribution in [2.45, 2.75) is 25.4 Å². The molecule has 0 aliphatic carbocycles. The van der Waals surface area contributed by atoms with Crippen LogP contribution in [0.2, 0.25) is 0 Å². The van der Waals surface area contributed by atoms with E-state index in [4.69, 9.17) is 9.47 Å². The average Bonchev–Trinajstić information content (AvgIpc) is 3.22. The Bertz CT molecular complexity index is 1120. The Morgan fingerprint density at radius 1 is 1.09 bits per heavy atom. The molecule has 9 heteroatoms. The lowest BCUT2D eigenvalue weighted by molar-refractivity contribution is 0.257. The quantitative estimate of drug-likeness (QED) is 0.608. The summed E-state index contributed by atoms with van der Waals surface area (Å²) in [5.74, 6) is 3.10. The predicted molar refractivity (Wildman–Crippen MR) is 129 cm³/mol. The van der Waals surface area contributed by atoms with Gasteiger partial charge in [0.05, 0.1) is 19.8 Å². The van der Waals surface area contributed by atoms with Crippen molar-refractivity contribution in [1.82, 2.24) is 19.4 Å². The summed E-state index contributed by atoms with van der Waals surface area (Å²) in [5.41, 5.74) is 2.86. The highest BCUT2D eigenvalue weighted by molar-refractivity contribution is 5.85. The van der Waals surface area contributed by atoms with E-state index in [2.05, 4.69) is 16.4 Å². The molecule has 2 aromatic heterocycles. The van der Waals surface area contributed by atoms with Crippen LogP contribution in [0.4, 0.5) is 0 Å². The number of methoxy groups -OCH3 is 2. The number of hydrogen-bond acceptors (Lipinski definition) is 5. The Hall–Kier alpha value is -2.48. The van der Waals surface area contributed by atoms with Crippen molar-refractivity contribution in [1.29, 1.82) is 0 Å². The Balaban J connectivity index is 0.00000144. The normalized spacial score (nSPS) is 18.7. The first kappa shape index (κ1) is 24.2. The molecule has 2 bridgehead atoms. The first-order chi connectivity index (χ1) is 14.7. The van der Waals surface area contributed by atoms with Crippen molar-refractivity contribution in [2.75, 3.05) is 27.3 Å². The van der Waals surface area contributed by atoms with E-state index in [1.54, 1.807) is 20.4 Å². The summed E-state index contributed by atoms with van der Waals surface area (Å²) >= 11 is 0. The maximum absolute atomic E-state index is 13.4. The second-order valence-corrected chi connectivity index (χ2v) is 8.14. The van der Waals surface area contributed by atoms with Gasteiger partial charge in [-0.05, 0) is 48.7 Å². The number of piperidine rings is 1. The molecule has 2 atom stereocenters. The van der Waals surface area contributed by atoms with Gasteiger partial charge in [-0.15, -0.1) is 24.8 Å². The summed E-state index contributed by atoms with van der Waals surface area (Å²) in [7, 11) is 3.28. The average molecular weight is 479 g/mol. The lowest BCUT2D eigenvalue weighted by Crippen LogP contribution is -2.45. The zero-order valence-electron chi connectivity index (χ0n) is 18.1. The highest BCUT2D eigenvalue weighted by Gasteiger charge is 2.31.